The first-order valence-corrected chi connectivity index (χ1v) is 7.79. The Morgan fingerprint density at radius 1 is 1.35 bits per heavy atom. The fourth-order valence-electron chi connectivity index (χ4n) is 2.52. The molecule has 2 saturated carbocycles. The lowest BCUT2D eigenvalue weighted by Gasteiger charge is -2.27. The lowest BCUT2D eigenvalue weighted by molar-refractivity contribution is -0.149. The third-order valence-electron chi connectivity index (χ3n) is 3.82. The SMILES string of the molecule is CCOC(=O)C(N)(CSC1CCCC1)C1CC1. The van der Waals surface area contributed by atoms with Crippen LogP contribution in [0.15, 0.2) is 0 Å². The zero-order chi connectivity index (χ0) is 12.3. The minimum atomic E-state index is -0.719. The van der Waals surface area contributed by atoms with Gasteiger partial charge in [0.25, 0.3) is 0 Å². The van der Waals surface area contributed by atoms with Crippen LogP contribution in [-0.2, 0) is 9.53 Å². The van der Waals surface area contributed by atoms with Gasteiger partial charge in [0.15, 0.2) is 0 Å². The molecule has 0 bridgehead atoms. The minimum absolute atomic E-state index is 0.187. The smallest absolute Gasteiger partial charge is 0.327 e. The van der Waals surface area contributed by atoms with Gasteiger partial charge in [-0.3, -0.25) is 4.79 Å². The zero-order valence-corrected chi connectivity index (χ0v) is 11.4. The summed E-state index contributed by atoms with van der Waals surface area (Å²) in [5.74, 6) is 0.907. The van der Waals surface area contributed by atoms with Crippen molar-refractivity contribution in [2.75, 3.05) is 12.4 Å². The fraction of sp³-hybridized carbons (Fsp3) is 0.923. The van der Waals surface area contributed by atoms with Crippen LogP contribution < -0.4 is 5.73 Å². The molecule has 4 heteroatoms. The van der Waals surface area contributed by atoms with Gasteiger partial charge in [0.1, 0.15) is 5.54 Å². The summed E-state index contributed by atoms with van der Waals surface area (Å²) < 4.78 is 5.15. The van der Waals surface area contributed by atoms with Crippen LogP contribution in [0.25, 0.3) is 0 Å². The molecule has 1 atom stereocenters. The first-order chi connectivity index (χ1) is 8.16. The van der Waals surface area contributed by atoms with Gasteiger partial charge in [-0.05, 0) is 38.5 Å². The predicted molar refractivity (Wildman–Crippen MR) is 71.0 cm³/mol. The second-order valence-corrected chi connectivity index (χ2v) is 6.54. The van der Waals surface area contributed by atoms with Gasteiger partial charge in [0.05, 0.1) is 6.61 Å². The molecule has 2 N–H and O–H groups in total. The Bertz CT molecular complexity index is 275. The number of hydrogen-bond donors (Lipinski definition) is 1. The molecule has 0 aliphatic heterocycles. The summed E-state index contributed by atoms with van der Waals surface area (Å²) >= 11 is 1.89. The van der Waals surface area contributed by atoms with E-state index in [-0.39, 0.29) is 5.97 Å². The molecule has 2 aliphatic rings. The molecule has 2 rings (SSSR count). The van der Waals surface area contributed by atoms with Crippen LogP contribution in [0.3, 0.4) is 0 Å². The number of rotatable bonds is 6. The fourth-order valence-corrected chi connectivity index (χ4v) is 4.05. The van der Waals surface area contributed by atoms with Crippen molar-refractivity contribution in [1.82, 2.24) is 0 Å². The van der Waals surface area contributed by atoms with E-state index in [1.54, 1.807) is 0 Å². The van der Waals surface area contributed by atoms with Crippen LogP contribution in [0.4, 0.5) is 0 Å². The lowest BCUT2D eigenvalue weighted by Crippen LogP contribution is -2.53. The van der Waals surface area contributed by atoms with E-state index < -0.39 is 5.54 Å². The van der Waals surface area contributed by atoms with Crippen LogP contribution in [0, 0.1) is 5.92 Å². The van der Waals surface area contributed by atoms with Gasteiger partial charge >= 0.3 is 5.97 Å². The molecular weight excluding hydrogens is 234 g/mol. The minimum Gasteiger partial charge on any atom is -0.465 e. The van der Waals surface area contributed by atoms with Gasteiger partial charge in [-0.25, -0.2) is 0 Å². The molecule has 0 saturated heterocycles. The molecule has 0 aromatic heterocycles. The highest BCUT2D eigenvalue weighted by Gasteiger charge is 2.49. The second-order valence-electron chi connectivity index (χ2n) is 5.25. The monoisotopic (exact) mass is 257 g/mol. The Morgan fingerprint density at radius 2 is 2.00 bits per heavy atom. The molecule has 3 nitrogen and oxygen atoms in total. The van der Waals surface area contributed by atoms with Crippen LogP contribution >= 0.6 is 11.8 Å². The molecule has 0 heterocycles. The van der Waals surface area contributed by atoms with Crippen LogP contribution in [0.1, 0.15) is 45.4 Å². The van der Waals surface area contributed by atoms with Crippen molar-refractivity contribution < 1.29 is 9.53 Å². The Morgan fingerprint density at radius 3 is 2.53 bits per heavy atom. The third-order valence-corrected chi connectivity index (χ3v) is 5.41. The first kappa shape index (κ1) is 13.2. The van der Waals surface area contributed by atoms with Gasteiger partial charge in [0, 0.05) is 11.0 Å². The van der Waals surface area contributed by atoms with E-state index in [2.05, 4.69) is 0 Å². The third kappa shape index (κ3) is 3.16. The van der Waals surface area contributed by atoms with E-state index in [1.165, 1.54) is 25.7 Å². The maximum Gasteiger partial charge on any atom is 0.327 e. The highest BCUT2D eigenvalue weighted by Crippen LogP contribution is 2.42. The van der Waals surface area contributed by atoms with Gasteiger partial charge in [-0.15, -0.1) is 0 Å². The molecule has 0 aromatic rings. The van der Waals surface area contributed by atoms with E-state index in [4.69, 9.17) is 10.5 Å². The predicted octanol–water partition coefficient (Wildman–Crippen LogP) is 2.33. The molecular formula is C13H23NO2S. The Labute approximate surface area is 108 Å². The molecule has 17 heavy (non-hydrogen) atoms. The summed E-state index contributed by atoms with van der Waals surface area (Å²) in [4.78, 5) is 12.0. The highest BCUT2D eigenvalue weighted by molar-refractivity contribution is 8.00. The number of carbonyl (C=O) groups is 1. The average Bonchev–Trinajstić information content (AvgIpc) is 3.05. The highest BCUT2D eigenvalue weighted by atomic mass is 32.2. The number of hydrogen-bond acceptors (Lipinski definition) is 4. The van der Waals surface area contributed by atoms with E-state index in [9.17, 15) is 4.79 Å². The maximum atomic E-state index is 12.0. The van der Waals surface area contributed by atoms with E-state index in [0.29, 0.717) is 17.8 Å². The van der Waals surface area contributed by atoms with Crippen molar-refractivity contribution in [2.45, 2.75) is 56.2 Å². The van der Waals surface area contributed by atoms with Crippen molar-refractivity contribution in [3.8, 4) is 0 Å². The Hall–Kier alpha value is -0.220. The number of thioether (sulfide) groups is 1. The number of nitrogens with two attached hydrogens (primary N) is 1. The molecule has 2 aliphatic carbocycles. The lowest BCUT2D eigenvalue weighted by atomic mass is 9.97. The van der Waals surface area contributed by atoms with Crippen LogP contribution in [0.2, 0.25) is 0 Å². The van der Waals surface area contributed by atoms with E-state index in [1.807, 2.05) is 18.7 Å². The Balaban J connectivity index is 1.88. The normalized spacial score (nSPS) is 24.6. The van der Waals surface area contributed by atoms with Crippen LogP contribution in [-0.4, -0.2) is 29.1 Å². The zero-order valence-electron chi connectivity index (χ0n) is 10.6. The summed E-state index contributed by atoms with van der Waals surface area (Å²) in [7, 11) is 0. The molecule has 0 aromatic carbocycles. The molecule has 98 valence electrons. The van der Waals surface area contributed by atoms with E-state index >= 15 is 0 Å². The molecule has 0 radical (unpaired) electrons. The summed E-state index contributed by atoms with van der Waals surface area (Å²) in [6.45, 7) is 2.27. The van der Waals surface area contributed by atoms with Gasteiger partial charge in [0.2, 0.25) is 0 Å². The number of carbonyl (C=O) groups excluding carboxylic acids is 1. The first-order valence-electron chi connectivity index (χ1n) is 6.74. The second kappa shape index (κ2) is 5.61. The summed E-state index contributed by atoms with van der Waals surface area (Å²) in [5, 5.41) is 0.714. The van der Waals surface area contributed by atoms with Crippen molar-refractivity contribution in [3.05, 3.63) is 0 Å². The maximum absolute atomic E-state index is 12.0. The van der Waals surface area contributed by atoms with Crippen molar-refractivity contribution in [1.29, 1.82) is 0 Å². The Kier molecular flexibility index (Phi) is 4.36. The van der Waals surface area contributed by atoms with Crippen molar-refractivity contribution in [2.24, 2.45) is 11.7 Å². The molecule has 2 fully saturated rings. The summed E-state index contributed by atoms with van der Waals surface area (Å²) in [6.07, 6.45) is 7.40. The summed E-state index contributed by atoms with van der Waals surface area (Å²) in [6, 6.07) is 0. The summed E-state index contributed by atoms with van der Waals surface area (Å²) in [5.41, 5.74) is 5.60. The van der Waals surface area contributed by atoms with E-state index in [0.717, 1.165) is 18.6 Å². The molecule has 1 unspecified atom stereocenters. The number of esters is 1. The number of ether oxygens (including phenoxy) is 1. The topological polar surface area (TPSA) is 52.3 Å². The van der Waals surface area contributed by atoms with Gasteiger partial charge < -0.3 is 10.5 Å². The van der Waals surface area contributed by atoms with Gasteiger partial charge in [-0.1, -0.05) is 12.8 Å². The van der Waals surface area contributed by atoms with Crippen molar-refractivity contribution in [3.63, 3.8) is 0 Å². The van der Waals surface area contributed by atoms with Gasteiger partial charge in [-0.2, -0.15) is 11.8 Å². The quantitative estimate of drug-likeness (QED) is 0.742. The largest absolute Gasteiger partial charge is 0.465 e. The standard InChI is InChI=1S/C13H23NO2S/c1-2-16-12(15)13(14,10-7-8-10)9-17-11-5-3-4-6-11/h10-11H,2-9,14H2,1H3. The molecule has 0 amide bonds. The van der Waals surface area contributed by atoms with Crippen LogP contribution in [0.5, 0.6) is 0 Å². The average molecular weight is 257 g/mol. The molecule has 0 spiro atoms. The van der Waals surface area contributed by atoms with Crippen molar-refractivity contribution >= 4 is 17.7 Å².